The van der Waals surface area contributed by atoms with Crippen molar-refractivity contribution in [2.75, 3.05) is 32.7 Å². The molecular formula is C24H33N3O2. The van der Waals surface area contributed by atoms with E-state index in [2.05, 4.69) is 45.4 Å². The summed E-state index contributed by atoms with van der Waals surface area (Å²) in [6.07, 6.45) is 7.33. The molecule has 1 aromatic heterocycles. The molecule has 2 aliphatic heterocycles. The molecule has 0 aliphatic carbocycles. The topological polar surface area (TPSA) is 48.7 Å². The predicted octanol–water partition coefficient (Wildman–Crippen LogP) is 3.31. The Balaban J connectivity index is 1.19. The second-order valence-corrected chi connectivity index (χ2v) is 8.44. The maximum atomic E-state index is 12.6. The van der Waals surface area contributed by atoms with Crippen molar-refractivity contribution in [2.24, 2.45) is 5.92 Å². The van der Waals surface area contributed by atoms with Crippen LogP contribution in [0.4, 0.5) is 0 Å². The second kappa shape index (κ2) is 10.1. The molecule has 0 radical (unpaired) electrons. The molecule has 0 bridgehead atoms. The first kappa shape index (κ1) is 20.2. The van der Waals surface area contributed by atoms with Gasteiger partial charge >= 0.3 is 0 Å². The standard InChI is InChI=1S/C24H33N3O2/c28-24(25-18-23-9-5-17-29-23)21-8-4-13-27(19-21)22-11-15-26(16-12-22)14-10-20-6-2-1-3-7-20/h1-3,5-7,9,17,21-22H,4,8,10-16,18-19H2,(H,25,28)/t21-/m0/s1. The smallest absolute Gasteiger partial charge is 0.224 e. The lowest BCUT2D eigenvalue weighted by Gasteiger charge is -2.42. The number of carbonyl (C=O) groups excluding carboxylic acids is 1. The third-order valence-corrected chi connectivity index (χ3v) is 6.47. The van der Waals surface area contributed by atoms with Crippen molar-refractivity contribution in [3.05, 3.63) is 60.1 Å². The molecule has 1 aromatic carbocycles. The highest BCUT2D eigenvalue weighted by Gasteiger charge is 2.31. The Labute approximate surface area is 174 Å². The summed E-state index contributed by atoms with van der Waals surface area (Å²) in [6.45, 7) is 6.01. The molecule has 5 heteroatoms. The van der Waals surface area contributed by atoms with Gasteiger partial charge in [-0.1, -0.05) is 30.3 Å². The number of furan rings is 1. The van der Waals surface area contributed by atoms with Crippen LogP contribution >= 0.6 is 0 Å². The fourth-order valence-corrected chi connectivity index (χ4v) is 4.72. The third kappa shape index (κ3) is 5.71. The number of likely N-dealkylation sites (tertiary alicyclic amines) is 2. The molecule has 156 valence electrons. The monoisotopic (exact) mass is 395 g/mol. The normalized spacial score (nSPS) is 21.9. The fraction of sp³-hybridized carbons (Fsp3) is 0.542. The van der Waals surface area contributed by atoms with Gasteiger partial charge in [0.05, 0.1) is 18.7 Å². The SMILES string of the molecule is O=C(NCc1ccco1)[C@H]1CCCN(C2CCN(CCc3ccccc3)CC2)C1. The minimum atomic E-state index is 0.106. The Hall–Kier alpha value is -2.11. The Morgan fingerprint density at radius 3 is 2.62 bits per heavy atom. The van der Waals surface area contributed by atoms with E-state index in [1.807, 2.05) is 12.1 Å². The molecule has 2 aliphatic rings. The molecule has 0 spiro atoms. The van der Waals surface area contributed by atoms with E-state index in [9.17, 15) is 4.79 Å². The number of nitrogens with one attached hydrogen (secondary N) is 1. The van der Waals surface area contributed by atoms with Crippen molar-refractivity contribution >= 4 is 5.91 Å². The van der Waals surface area contributed by atoms with Gasteiger partial charge in [0.25, 0.3) is 0 Å². The number of hydrogen-bond acceptors (Lipinski definition) is 4. The summed E-state index contributed by atoms with van der Waals surface area (Å²) in [6, 6.07) is 15.2. The first-order valence-corrected chi connectivity index (χ1v) is 11.1. The van der Waals surface area contributed by atoms with Gasteiger partial charge in [0.15, 0.2) is 0 Å². The third-order valence-electron chi connectivity index (χ3n) is 6.47. The van der Waals surface area contributed by atoms with Crippen LogP contribution in [0.5, 0.6) is 0 Å². The number of amides is 1. The number of carbonyl (C=O) groups is 1. The molecule has 3 heterocycles. The molecule has 2 saturated heterocycles. The maximum absolute atomic E-state index is 12.6. The zero-order valence-electron chi connectivity index (χ0n) is 17.3. The van der Waals surface area contributed by atoms with Gasteiger partial charge in [-0.15, -0.1) is 0 Å². The van der Waals surface area contributed by atoms with E-state index in [0.29, 0.717) is 12.6 Å². The van der Waals surface area contributed by atoms with Crippen molar-refractivity contribution in [2.45, 2.75) is 44.7 Å². The summed E-state index contributed by atoms with van der Waals surface area (Å²) in [5.41, 5.74) is 1.43. The molecule has 29 heavy (non-hydrogen) atoms. The van der Waals surface area contributed by atoms with Crippen LogP contribution in [0.3, 0.4) is 0 Å². The average molecular weight is 396 g/mol. The van der Waals surface area contributed by atoms with Crippen LogP contribution in [0.1, 0.15) is 37.0 Å². The lowest BCUT2D eigenvalue weighted by molar-refractivity contribution is -0.127. The summed E-state index contributed by atoms with van der Waals surface area (Å²) >= 11 is 0. The molecular weight excluding hydrogens is 362 g/mol. The van der Waals surface area contributed by atoms with Gasteiger partial charge in [0.1, 0.15) is 5.76 Å². The number of nitrogens with zero attached hydrogens (tertiary/aromatic N) is 2. The van der Waals surface area contributed by atoms with E-state index < -0.39 is 0 Å². The van der Waals surface area contributed by atoms with Crippen LogP contribution in [0.25, 0.3) is 0 Å². The van der Waals surface area contributed by atoms with Crippen LogP contribution in [0.2, 0.25) is 0 Å². The molecule has 4 rings (SSSR count). The first-order chi connectivity index (χ1) is 14.3. The molecule has 0 unspecified atom stereocenters. The van der Waals surface area contributed by atoms with E-state index in [0.717, 1.165) is 44.7 Å². The summed E-state index contributed by atoms with van der Waals surface area (Å²) in [7, 11) is 0. The molecule has 5 nitrogen and oxygen atoms in total. The highest BCUT2D eigenvalue weighted by Crippen LogP contribution is 2.24. The van der Waals surface area contributed by atoms with Gasteiger partial charge in [-0.25, -0.2) is 0 Å². The van der Waals surface area contributed by atoms with Crippen molar-refractivity contribution < 1.29 is 9.21 Å². The van der Waals surface area contributed by atoms with E-state index >= 15 is 0 Å². The first-order valence-electron chi connectivity index (χ1n) is 11.1. The van der Waals surface area contributed by atoms with Gasteiger partial charge in [0, 0.05) is 19.1 Å². The van der Waals surface area contributed by atoms with Crippen molar-refractivity contribution in [3.63, 3.8) is 0 Å². The fourth-order valence-electron chi connectivity index (χ4n) is 4.72. The van der Waals surface area contributed by atoms with Crippen LogP contribution in [-0.4, -0.2) is 54.5 Å². The number of rotatable bonds is 7. The predicted molar refractivity (Wildman–Crippen MR) is 114 cm³/mol. The van der Waals surface area contributed by atoms with Gasteiger partial charge in [-0.3, -0.25) is 9.69 Å². The molecule has 1 atom stereocenters. The Kier molecular flexibility index (Phi) is 7.01. The highest BCUT2D eigenvalue weighted by atomic mass is 16.3. The summed E-state index contributed by atoms with van der Waals surface area (Å²) in [5.74, 6) is 1.09. The second-order valence-electron chi connectivity index (χ2n) is 8.44. The zero-order valence-corrected chi connectivity index (χ0v) is 17.3. The molecule has 2 aromatic rings. The average Bonchev–Trinajstić information content (AvgIpc) is 3.31. The Morgan fingerprint density at radius 1 is 1.03 bits per heavy atom. The molecule has 1 N–H and O–H groups in total. The van der Waals surface area contributed by atoms with E-state index in [4.69, 9.17) is 4.42 Å². The maximum Gasteiger partial charge on any atom is 0.224 e. The highest BCUT2D eigenvalue weighted by molar-refractivity contribution is 5.78. The van der Waals surface area contributed by atoms with Crippen LogP contribution < -0.4 is 5.32 Å². The molecule has 2 fully saturated rings. The van der Waals surface area contributed by atoms with E-state index in [-0.39, 0.29) is 11.8 Å². The van der Waals surface area contributed by atoms with Crippen molar-refractivity contribution in [3.8, 4) is 0 Å². The molecule has 1 amide bonds. The molecule has 0 saturated carbocycles. The number of piperidine rings is 2. The van der Waals surface area contributed by atoms with E-state index in [1.54, 1.807) is 6.26 Å². The summed E-state index contributed by atoms with van der Waals surface area (Å²) in [4.78, 5) is 17.8. The van der Waals surface area contributed by atoms with Crippen LogP contribution in [-0.2, 0) is 17.8 Å². The minimum absolute atomic E-state index is 0.106. The summed E-state index contributed by atoms with van der Waals surface area (Å²) < 4.78 is 5.32. The van der Waals surface area contributed by atoms with Gasteiger partial charge in [-0.2, -0.15) is 0 Å². The number of hydrogen-bond donors (Lipinski definition) is 1. The van der Waals surface area contributed by atoms with Gasteiger partial charge in [-0.05, 0) is 69.4 Å². The van der Waals surface area contributed by atoms with Gasteiger partial charge < -0.3 is 14.6 Å². The van der Waals surface area contributed by atoms with Crippen molar-refractivity contribution in [1.29, 1.82) is 0 Å². The lowest BCUT2D eigenvalue weighted by Crippen LogP contribution is -2.50. The zero-order chi connectivity index (χ0) is 19.9. The quantitative estimate of drug-likeness (QED) is 0.781. The minimum Gasteiger partial charge on any atom is -0.467 e. The van der Waals surface area contributed by atoms with Crippen LogP contribution in [0, 0.1) is 5.92 Å². The van der Waals surface area contributed by atoms with Crippen LogP contribution in [0.15, 0.2) is 53.1 Å². The van der Waals surface area contributed by atoms with Gasteiger partial charge in [0.2, 0.25) is 5.91 Å². The summed E-state index contributed by atoms with van der Waals surface area (Å²) in [5, 5.41) is 3.05. The number of benzene rings is 1. The Morgan fingerprint density at radius 2 is 1.86 bits per heavy atom. The Bertz CT molecular complexity index is 739. The largest absolute Gasteiger partial charge is 0.467 e. The van der Waals surface area contributed by atoms with Crippen molar-refractivity contribution in [1.82, 2.24) is 15.1 Å². The lowest BCUT2D eigenvalue weighted by atomic mass is 9.93. The van der Waals surface area contributed by atoms with E-state index in [1.165, 1.54) is 31.5 Å².